The lowest BCUT2D eigenvalue weighted by Gasteiger charge is -2.36. The highest BCUT2D eigenvalue weighted by Crippen LogP contribution is 2.45. The van der Waals surface area contributed by atoms with Crippen LogP contribution in [0.1, 0.15) is 16.7 Å². The number of ether oxygens (including phenoxy) is 6. The largest absolute Gasteiger partial charge is 0.487 e. The molecule has 182 valence electrons. The summed E-state index contributed by atoms with van der Waals surface area (Å²) in [7, 11) is 0. The van der Waals surface area contributed by atoms with Crippen molar-refractivity contribution in [2.24, 2.45) is 0 Å². The molecule has 0 radical (unpaired) electrons. The number of hydrogen-bond acceptors (Lipinski definition) is 6. The quantitative estimate of drug-likeness (QED) is 0.529. The maximum atomic E-state index is 6.79. The van der Waals surface area contributed by atoms with Crippen LogP contribution in [0.3, 0.4) is 0 Å². The molecule has 2 aliphatic heterocycles. The van der Waals surface area contributed by atoms with Crippen molar-refractivity contribution >= 4 is 6.08 Å². The summed E-state index contributed by atoms with van der Waals surface area (Å²) in [4.78, 5) is 0. The maximum absolute atomic E-state index is 6.79. The van der Waals surface area contributed by atoms with E-state index in [0.29, 0.717) is 64.4 Å². The second-order valence-corrected chi connectivity index (χ2v) is 8.27. The smallest absolute Gasteiger partial charge is 0.178 e. The van der Waals surface area contributed by atoms with Crippen LogP contribution in [0.2, 0.25) is 0 Å². The minimum Gasteiger partial charge on any atom is -0.487 e. The van der Waals surface area contributed by atoms with Crippen LogP contribution in [0.25, 0.3) is 6.08 Å². The van der Waals surface area contributed by atoms with Gasteiger partial charge in [0.1, 0.15) is 19.0 Å². The molecule has 3 aromatic rings. The molecule has 3 aromatic carbocycles. The fourth-order valence-corrected chi connectivity index (χ4v) is 4.23. The molecule has 0 bridgehead atoms. The van der Waals surface area contributed by atoms with Gasteiger partial charge in [-0.15, -0.1) is 0 Å². The van der Waals surface area contributed by atoms with Gasteiger partial charge in [0, 0.05) is 22.8 Å². The zero-order valence-corrected chi connectivity index (χ0v) is 19.7. The van der Waals surface area contributed by atoms with E-state index in [9.17, 15) is 0 Å². The minimum absolute atomic E-state index is 0.393. The third-order valence-electron chi connectivity index (χ3n) is 5.96. The molecule has 6 nitrogen and oxygen atoms in total. The molecule has 0 fully saturated rings. The molecule has 0 spiro atoms. The lowest BCUT2D eigenvalue weighted by Crippen LogP contribution is -2.34. The van der Waals surface area contributed by atoms with Crippen LogP contribution in [0.5, 0.6) is 17.2 Å². The van der Waals surface area contributed by atoms with E-state index in [-0.39, 0.29) is 0 Å². The van der Waals surface area contributed by atoms with E-state index in [1.165, 1.54) is 0 Å². The molecular formula is C29H30O6. The van der Waals surface area contributed by atoms with Crippen LogP contribution in [0.4, 0.5) is 0 Å². The lowest BCUT2D eigenvalue weighted by molar-refractivity contribution is 0.00707. The van der Waals surface area contributed by atoms with Crippen molar-refractivity contribution in [2.45, 2.75) is 5.60 Å². The summed E-state index contributed by atoms with van der Waals surface area (Å²) in [5, 5.41) is 0. The number of hydrogen-bond donors (Lipinski definition) is 0. The van der Waals surface area contributed by atoms with Crippen LogP contribution < -0.4 is 14.2 Å². The Morgan fingerprint density at radius 1 is 0.514 bits per heavy atom. The van der Waals surface area contributed by atoms with Gasteiger partial charge in [-0.05, 0) is 12.1 Å². The first-order chi connectivity index (χ1) is 17.4. The van der Waals surface area contributed by atoms with Crippen LogP contribution in [0, 0.1) is 0 Å². The summed E-state index contributed by atoms with van der Waals surface area (Å²) < 4.78 is 35.6. The Bertz CT molecular complexity index is 1070. The van der Waals surface area contributed by atoms with Gasteiger partial charge < -0.3 is 28.4 Å². The van der Waals surface area contributed by atoms with Crippen LogP contribution in [0.15, 0.2) is 78.9 Å². The zero-order valence-electron chi connectivity index (χ0n) is 19.7. The lowest BCUT2D eigenvalue weighted by atomic mass is 9.83. The monoisotopic (exact) mass is 474 g/mol. The SMILES string of the molecule is C1=CC(c2ccccc2)(c2ccccc2)Oc2cc3c(cc21)OCCOCCOCCOCCO3. The molecule has 0 saturated heterocycles. The van der Waals surface area contributed by atoms with E-state index >= 15 is 0 Å². The molecule has 0 aromatic heterocycles. The summed E-state index contributed by atoms with van der Waals surface area (Å²) in [6, 6.07) is 24.4. The van der Waals surface area contributed by atoms with Crippen molar-refractivity contribution in [1.29, 1.82) is 0 Å². The van der Waals surface area contributed by atoms with Gasteiger partial charge in [0.25, 0.3) is 0 Å². The summed E-state index contributed by atoms with van der Waals surface area (Å²) in [5.41, 5.74) is 2.28. The number of benzene rings is 3. The third kappa shape index (κ3) is 5.51. The first-order valence-corrected chi connectivity index (χ1v) is 12.0. The second-order valence-electron chi connectivity index (χ2n) is 8.27. The maximum Gasteiger partial charge on any atom is 0.178 e. The molecule has 0 aliphatic carbocycles. The molecular weight excluding hydrogens is 444 g/mol. The van der Waals surface area contributed by atoms with Crippen molar-refractivity contribution in [1.82, 2.24) is 0 Å². The van der Waals surface area contributed by atoms with Crippen molar-refractivity contribution in [3.8, 4) is 17.2 Å². The van der Waals surface area contributed by atoms with Gasteiger partial charge in [0.05, 0.1) is 39.6 Å². The standard InChI is InChI=1S/C29H30O6/c1-3-7-24(8-4-1)29(25-9-5-2-6-10-25)12-11-23-21-27-28(22-26(23)35-29)34-20-18-32-16-14-30-13-15-31-17-19-33-27/h1-12,21-22H,13-20H2. The van der Waals surface area contributed by atoms with E-state index in [1.807, 2.05) is 48.5 Å². The minimum atomic E-state index is -0.749. The first kappa shape index (κ1) is 23.4. The highest BCUT2D eigenvalue weighted by Gasteiger charge is 2.37. The van der Waals surface area contributed by atoms with Crippen LogP contribution >= 0.6 is 0 Å². The highest BCUT2D eigenvalue weighted by molar-refractivity contribution is 5.68. The summed E-state index contributed by atoms with van der Waals surface area (Å²) in [6.45, 7) is 3.83. The van der Waals surface area contributed by atoms with Gasteiger partial charge in [-0.25, -0.2) is 0 Å². The molecule has 0 unspecified atom stereocenters. The van der Waals surface area contributed by atoms with Crippen molar-refractivity contribution < 1.29 is 28.4 Å². The number of fused-ring (bicyclic) bond motifs is 2. The third-order valence-corrected chi connectivity index (χ3v) is 5.96. The van der Waals surface area contributed by atoms with E-state index in [0.717, 1.165) is 22.4 Å². The predicted octanol–water partition coefficient (Wildman–Crippen LogP) is 4.86. The molecule has 35 heavy (non-hydrogen) atoms. The molecule has 2 heterocycles. The fraction of sp³-hybridized carbons (Fsp3) is 0.310. The van der Waals surface area contributed by atoms with Gasteiger partial charge in [-0.3, -0.25) is 0 Å². The Labute approximate surface area is 206 Å². The Hall–Kier alpha value is -3.32. The van der Waals surface area contributed by atoms with E-state index < -0.39 is 5.60 Å². The predicted molar refractivity (Wildman–Crippen MR) is 133 cm³/mol. The fourth-order valence-electron chi connectivity index (χ4n) is 4.23. The average molecular weight is 475 g/mol. The van der Waals surface area contributed by atoms with Gasteiger partial charge in [0.2, 0.25) is 0 Å². The molecule has 0 saturated carbocycles. The Morgan fingerprint density at radius 2 is 1.00 bits per heavy atom. The number of rotatable bonds is 2. The Balaban J connectivity index is 1.47. The molecule has 6 heteroatoms. The Morgan fingerprint density at radius 3 is 1.54 bits per heavy atom. The van der Waals surface area contributed by atoms with E-state index in [2.05, 4.69) is 36.4 Å². The van der Waals surface area contributed by atoms with Gasteiger partial charge in [0.15, 0.2) is 17.1 Å². The average Bonchev–Trinajstić information content (AvgIpc) is 2.92. The van der Waals surface area contributed by atoms with Gasteiger partial charge in [-0.2, -0.15) is 0 Å². The summed E-state index contributed by atoms with van der Waals surface area (Å²) >= 11 is 0. The molecule has 5 rings (SSSR count). The van der Waals surface area contributed by atoms with Gasteiger partial charge in [-0.1, -0.05) is 66.7 Å². The van der Waals surface area contributed by atoms with Crippen molar-refractivity contribution in [2.75, 3.05) is 52.9 Å². The van der Waals surface area contributed by atoms with E-state index in [4.69, 9.17) is 28.4 Å². The molecule has 2 aliphatic rings. The molecule has 0 atom stereocenters. The second kappa shape index (κ2) is 11.4. The molecule has 0 amide bonds. The highest BCUT2D eigenvalue weighted by atomic mass is 16.6. The summed E-state index contributed by atoms with van der Waals surface area (Å²) in [5.74, 6) is 1.99. The normalized spacial score (nSPS) is 18.4. The first-order valence-electron chi connectivity index (χ1n) is 12.0. The van der Waals surface area contributed by atoms with Gasteiger partial charge >= 0.3 is 0 Å². The van der Waals surface area contributed by atoms with E-state index in [1.54, 1.807) is 0 Å². The molecule has 0 N–H and O–H groups in total. The van der Waals surface area contributed by atoms with Crippen molar-refractivity contribution in [3.63, 3.8) is 0 Å². The summed E-state index contributed by atoms with van der Waals surface area (Å²) in [6.07, 6.45) is 4.20. The van der Waals surface area contributed by atoms with Crippen LogP contribution in [-0.2, 0) is 19.8 Å². The topological polar surface area (TPSA) is 55.4 Å². The Kier molecular flexibility index (Phi) is 7.63. The van der Waals surface area contributed by atoms with Crippen molar-refractivity contribution in [3.05, 3.63) is 95.6 Å². The van der Waals surface area contributed by atoms with Crippen LogP contribution in [-0.4, -0.2) is 52.9 Å². The zero-order chi connectivity index (χ0) is 23.8.